The fraction of sp³-hybridized carbons (Fsp3) is 0.130. The number of halogens is 2. The third kappa shape index (κ3) is 4.38. The van der Waals surface area contributed by atoms with E-state index in [1.54, 1.807) is 47.7 Å². The second kappa shape index (κ2) is 9.24. The molecule has 0 amide bonds. The molecular weight excluding hydrogens is 510 g/mol. The number of carbonyl (C=O) groups is 1. The van der Waals surface area contributed by atoms with Gasteiger partial charge in [-0.15, -0.1) is 11.3 Å². The molecule has 0 saturated heterocycles. The lowest BCUT2D eigenvalue weighted by atomic mass is 10.0. The Balaban J connectivity index is 1.53. The summed E-state index contributed by atoms with van der Waals surface area (Å²) in [6.45, 7) is 1.65. The average Bonchev–Trinajstić information content (AvgIpc) is 3.60. The van der Waals surface area contributed by atoms with Crippen molar-refractivity contribution in [3.05, 3.63) is 77.2 Å². The number of hydrogen-bond acceptors (Lipinski definition) is 7. The molecule has 0 radical (unpaired) electrons. The fourth-order valence-electron chi connectivity index (χ4n) is 3.68. The molecule has 0 bridgehead atoms. The van der Waals surface area contributed by atoms with E-state index in [1.165, 1.54) is 17.5 Å². The van der Waals surface area contributed by atoms with Gasteiger partial charge in [-0.2, -0.15) is 5.10 Å². The highest BCUT2D eigenvalue weighted by molar-refractivity contribution is 7.92. The van der Waals surface area contributed by atoms with Gasteiger partial charge < -0.3 is 4.98 Å². The van der Waals surface area contributed by atoms with Crippen molar-refractivity contribution in [2.45, 2.75) is 13.3 Å². The first-order valence-electron chi connectivity index (χ1n) is 10.7. The summed E-state index contributed by atoms with van der Waals surface area (Å²) in [6, 6.07) is 5.22. The number of benzene rings is 1. The van der Waals surface area contributed by atoms with Crippen molar-refractivity contribution in [3.8, 4) is 16.4 Å². The number of rotatable bonds is 8. The number of nitrogens with one attached hydrogen (secondary N) is 2. The van der Waals surface area contributed by atoms with E-state index in [0.29, 0.717) is 33.8 Å². The fourth-order valence-corrected chi connectivity index (χ4v) is 5.58. The summed E-state index contributed by atoms with van der Waals surface area (Å²) in [7, 11) is -3.85. The molecule has 4 heterocycles. The van der Waals surface area contributed by atoms with Crippen molar-refractivity contribution in [1.82, 2.24) is 24.7 Å². The summed E-state index contributed by atoms with van der Waals surface area (Å²) in [4.78, 5) is 25.0. The largest absolute Gasteiger partial charge is 0.345 e. The van der Waals surface area contributed by atoms with E-state index in [9.17, 15) is 17.6 Å². The number of nitrogens with zero attached hydrogens (tertiary/aromatic N) is 4. The molecule has 0 fully saturated rings. The summed E-state index contributed by atoms with van der Waals surface area (Å²) in [5.41, 5.74) is 0.128. The molecule has 36 heavy (non-hydrogen) atoms. The lowest BCUT2D eigenvalue weighted by Gasteiger charge is -2.11. The molecule has 0 aliphatic heterocycles. The predicted octanol–water partition coefficient (Wildman–Crippen LogP) is 4.53. The standard InChI is InChI=1S/C23H18F2N6O3S2/c1-2-8-36(33,34)30-17-5-4-16(24)19(20(17)25)21(32)15-11-27-22-14(15)9-13(10-26-22)18-12-35-23(29-18)31-7-3-6-28-31/h3-7,9-12,30H,2,8H2,1H3,(H,26,27). The Hall–Kier alpha value is -3.97. The first kappa shape index (κ1) is 23.8. The SMILES string of the molecule is CCCS(=O)(=O)Nc1ccc(F)c(C(=O)c2c[nH]c3ncc(-c4csc(-n5cccn5)n4)cc23)c1F. The number of H-pyrrole nitrogens is 1. The first-order valence-corrected chi connectivity index (χ1v) is 13.3. The highest BCUT2D eigenvalue weighted by atomic mass is 32.2. The normalized spacial score (nSPS) is 11.8. The van der Waals surface area contributed by atoms with Crippen molar-refractivity contribution in [2.75, 3.05) is 10.5 Å². The van der Waals surface area contributed by atoms with Gasteiger partial charge in [0.2, 0.25) is 20.9 Å². The van der Waals surface area contributed by atoms with Crippen LogP contribution in [0, 0.1) is 11.6 Å². The van der Waals surface area contributed by atoms with E-state index < -0.39 is 38.7 Å². The van der Waals surface area contributed by atoms with Crippen LogP contribution in [0.5, 0.6) is 0 Å². The van der Waals surface area contributed by atoms with Crippen molar-refractivity contribution in [3.63, 3.8) is 0 Å². The Morgan fingerprint density at radius 1 is 1.28 bits per heavy atom. The van der Waals surface area contributed by atoms with E-state index >= 15 is 4.39 Å². The van der Waals surface area contributed by atoms with E-state index in [2.05, 4.69) is 24.8 Å². The third-order valence-electron chi connectivity index (χ3n) is 5.32. The number of sulfonamides is 1. The van der Waals surface area contributed by atoms with Gasteiger partial charge in [0.15, 0.2) is 5.82 Å². The minimum absolute atomic E-state index is 0.0201. The minimum Gasteiger partial charge on any atom is -0.345 e. The first-order chi connectivity index (χ1) is 17.3. The number of fused-ring (bicyclic) bond motifs is 1. The van der Waals surface area contributed by atoms with Gasteiger partial charge in [0.25, 0.3) is 0 Å². The summed E-state index contributed by atoms with van der Waals surface area (Å²) >= 11 is 1.36. The van der Waals surface area contributed by atoms with Crippen molar-refractivity contribution in [1.29, 1.82) is 0 Å². The van der Waals surface area contributed by atoms with Crippen LogP contribution in [0.2, 0.25) is 0 Å². The van der Waals surface area contributed by atoms with Gasteiger partial charge in [-0.3, -0.25) is 9.52 Å². The molecule has 0 saturated carbocycles. The number of ketones is 1. The molecule has 4 aromatic heterocycles. The summed E-state index contributed by atoms with van der Waals surface area (Å²) in [5.74, 6) is -3.61. The second-order valence-electron chi connectivity index (χ2n) is 7.82. The number of hydrogen-bond donors (Lipinski definition) is 2. The number of aromatic nitrogens is 5. The molecule has 13 heteroatoms. The van der Waals surface area contributed by atoms with Gasteiger partial charge in [0, 0.05) is 46.7 Å². The van der Waals surface area contributed by atoms with Crippen LogP contribution in [0.25, 0.3) is 27.4 Å². The summed E-state index contributed by atoms with van der Waals surface area (Å²) in [6.07, 6.45) is 6.57. The van der Waals surface area contributed by atoms with Gasteiger partial charge >= 0.3 is 0 Å². The molecule has 2 N–H and O–H groups in total. The van der Waals surface area contributed by atoms with Gasteiger partial charge in [0.05, 0.1) is 22.7 Å². The number of anilines is 1. The van der Waals surface area contributed by atoms with E-state index in [-0.39, 0.29) is 11.3 Å². The van der Waals surface area contributed by atoms with Crippen LogP contribution in [0.15, 0.2) is 54.4 Å². The zero-order valence-corrected chi connectivity index (χ0v) is 20.3. The van der Waals surface area contributed by atoms with Crippen LogP contribution in [0.3, 0.4) is 0 Å². The summed E-state index contributed by atoms with van der Waals surface area (Å²) in [5, 5.41) is 6.92. The maximum atomic E-state index is 15.2. The number of aromatic amines is 1. The topological polar surface area (TPSA) is 123 Å². The van der Waals surface area contributed by atoms with Crippen molar-refractivity contribution < 1.29 is 22.0 Å². The van der Waals surface area contributed by atoms with Gasteiger partial charge in [-0.05, 0) is 30.7 Å². The Morgan fingerprint density at radius 3 is 2.86 bits per heavy atom. The lowest BCUT2D eigenvalue weighted by Crippen LogP contribution is -2.18. The van der Waals surface area contributed by atoms with Gasteiger partial charge in [0.1, 0.15) is 11.5 Å². The maximum absolute atomic E-state index is 15.2. The summed E-state index contributed by atoms with van der Waals surface area (Å²) < 4.78 is 57.7. The molecule has 0 atom stereocenters. The second-order valence-corrected chi connectivity index (χ2v) is 10.5. The molecule has 9 nitrogen and oxygen atoms in total. The number of carbonyl (C=O) groups excluding carboxylic acids is 1. The molecular formula is C23H18F2N6O3S2. The molecule has 5 rings (SSSR count). The average molecular weight is 529 g/mol. The molecule has 0 aliphatic rings. The number of pyridine rings is 1. The van der Waals surface area contributed by atoms with Crippen molar-refractivity contribution >= 4 is 43.9 Å². The quantitative estimate of drug-likeness (QED) is 0.285. The molecule has 0 spiro atoms. The van der Waals surface area contributed by atoms with E-state index in [0.717, 1.165) is 12.1 Å². The van der Waals surface area contributed by atoms with Crippen LogP contribution in [0.4, 0.5) is 14.5 Å². The molecule has 1 aromatic carbocycles. The van der Waals surface area contributed by atoms with Crippen LogP contribution < -0.4 is 4.72 Å². The molecule has 0 unspecified atom stereocenters. The smallest absolute Gasteiger partial charge is 0.232 e. The third-order valence-corrected chi connectivity index (χ3v) is 7.63. The highest BCUT2D eigenvalue weighted by Gasteiger charge is 2.26. The number of thiazole rings is 1. The van der Waals surface area contributed by atoms with Crippen LogP contribution in [-0.4, -0.2) is 44.7 Å². The lowest BCUT2D eigenvalue weighted by molar-refractivity contribution is 0.103. The molecule has 184 valence electrons. The Bertz CT molecular complexity index is 1690. The monoisotopic (exact) mass is 528 g/mol. The zero-order chi connectivity index (χ0) is 25.4. The molecule has 0 aliphatic carbocycles. The minimum atomic E-state index is -3.85. The Kier molecular flexibility index (Phi) is 6.10. The van der Waals surface area contributed by atoms with E-state index in [4.69, 9.17) is 0 Å². The van der Waals surface area contributed by atoms with Gasteiger partial charge in [-0.25, -0.2) is 31.8 Å². The molecule has 5 aromatic rings. The zero-order valence-electron chi connectivity index (χ0n) is 18.7. The Morgan fingerprint density at radius 2 is 2.11 bits per heavy atom. The van der Waals surface area contributed by atoms with E-state index in [1.807, 2.05) is 0 Å². The maximum Gasteiger partial charge on any atom is 0.232 e. The van der Waals surface area contributed by atoms with Crippen molar-refractivity contribution in [2.24, 2.45) is 0 Å². The van der Waals surface area contributed by atoms with Crippen LogP contribution >= 0.6 is 11.3 Å². The van der Waals surface area contributed by atoms with Gasteiger partial charge in [-0.1, -0.05) is 6.92 Å². The predicted molar refractivity (Wildman–Crippen MR) is 132 cm³/mol. The Labute approximate surface area is 207 Å². The van der Waals surface area contributed by atoms with Crippen LogP contribution in [0.1, 0.15) is 29.3 Å². The highest BCUT2D eigenvalue weighted by Crippen LogP contribution is 2.30. The van der Waals surface area contributed by atoms with Crippen LogP contribution in [-0.2, 0) is 10.0 Å².